The lowest BCUT2D eigenvalue weighted by atomic mass is 9.99. The number of hydrogen-bond donors (Lipinski definition) is 0. The first-order valence-electron chi connectivity index (χ1n) is 10.6. The molecule has 0 spiro atoms. The summed E-state index contributed by atoms with van der Waals surface area (Å²) in [5.41, 5.74) is 6.31. The van der Waals surface area contributed by atoms with E-state index in [-0.39, 0.29) is 5.28 Å². The number of hydrogen-bond acceptors (Lipinski definition) is 3. The van der Waals surface area contributed by atoms with Crippen LogP contribution < -0.4 is 0 Å². The van der Waals surface area contributed by atoms with Crippen LogP contribution >= 0.6 is 11.6 Å². The average Bonchev–Trinajstić information content (AvgIpc) is 2.88. The van der Waals surface area contributed by atoms with Gasteiger partial charge in [-0.05, 0) is 51.7 Å². The zero-order chi connectivity index (χ0) is 22.2. The molecule has 33 heavy (non-hydrogen) atoms. The van der Waals surface area contributed by atoms with Crippen molar-refractivity contribution in [3.63, 3.8) is 0 Å². The fourth-order valence-electron chi connectivity index (χ4n) is 4.05. The van der Waals surface area contributed by atoms with Crippen LogP contribution in [0, 0.1) is 6.08 Å². The first-order valence-corrected chi connectivity index (χ1v) is 11.0. The molecule has 1 aliphatic rings. The van der Waals surface area contributed by atoms with Gasteiger partial charge in [-0.15, -0.1) is 0 Å². The van der Waals surface area contributed by atoms with E-state index >= 15 is 0 Å². The van der Waals surface area contributed by atoms with Crippen molar-refractivity contribution in [3.05, 3.63) is 113 Å². The van der Waals surface area contributed by atoms with E-state index in [0.717, 1.165) is 27.8 Å². The highest BCUT2D eigenvalue weighted by molar-refractivity contribution is 6.28. The standard InChI is InChI=1S/C29H17ClN3/c30-29-32-27(31-28(33-29)26-16-12-20-6-2-4-8-24(20)18-26)22-13-9-21(10-14-22)25-15-11-19-5-1-3-7-23(19)17-25/h1,3-18H/q+1. The molecule has 4 heteroatoms. The largest absolute Gasteiger partial charge is 0.226 e. The summed E-state index contributed by atoms with van der Waals surface area (Å²) in [4.78, 5) is 13.4. The third-order valence-corrected chi connectivity index (χ3v) is 5.95. The van der Waals surface area contributed by atoms with E-state index in [9.17, 15) is 0 Å². The van der Waals surface area contributed by atoms with Gasteiger partial charge in [-0.3, -0.25) is 0 Å². The molecule has 1 aliphatic carbocycles. The highest BCUT2D eigenvalue weighted by atomic mass is 35.5. The van der Waals surface area contributed by atoms with Crippen molar-refractivity contribution in [1.29, 1.82) is 0 Å². The Morgan fingerprint density at radius 3 is 2.12 bits per heavy atom. The Morgan fingerprint density at radius 2 is 1.27 bits per heavy atom. The van der Waals surface area contributed by atoms with E-state index in [4.69, 9.17) is 16.6 Å². The van der Waals surface area contributed by atoms with Gasteiger partial charge in [0, 0.05) is 23.3 Å². The van der Waals surface area contributed by atoms with Gasteiger partial charge in [0.25, 0.3) is 0 Å². The fourth-order valence-corrected chi connectivity index (χ4v) is 4.21. The number of halogens is 1. The molecule has 0 N–H and O–H groups in total. The van der Waals surface area contributed by atoms with Crippen molar-refractivity contribution >= 4 is 34.5 Å². The molecule has 4 aromatic carbocycles. The van der Waals surface area contributed by atoms with Crippen LogP contribution in [0.1, 0.15) is 11.1 Å². The van der Waals surface area contributed by atoms with Gasteiger partial charge in [-0.1, -0.05) is 60.7 Å². The predicted molar refractivity (Wildman–Crippen MR) is 135 cm³/mol. The lowest BCUT2D eigenvalue weighted by molar-refractivity contribution is 1.07. The second-order valence-corrected chi connectivity index (χ2v) is 8.22. The third kappa shape index (κ3) is 3.81. The Morgan fingerprint density at radius 1 is 0.576 bits per heavy atom. The molecule has 154 valence electrons. The molecule has 0 unspecified atom stereocenters. The Bertz CT molecular complexity index is 1570. The third-order valence-electron chi connectivity index (χ3n) is 5.78. The van der Waals surface area contributed by atoms with Crippen molar-refractivity contribution in [1.82, 2.24) is 15.0 Å². The summed E-state index contributed by atoms with van der Waals surface area (Å²) in [5, 5.41) is 2.63. The number of aromatic nitrogens is 3. The molecular weight excluding hydrogens is 426 g/mol. The summed E-state index contributed by atoms with van der Waals surface area (Å²) in [6.45, 7) is 0. The van der Waals surface area contributed by atoms with E-state index in [2.05, 4.69) is 76.7 Å². The van der Waals surface area contributed by atoms with E-state index in [0.29, 0.717) is 11.6 Å². The van der Waals surface area contributed by atoms with E-state index < -0.39 is 0 Å². The predicted octanol–water partition coefficient (Wildman–Crippen LogP) is 7.52. The van der Waals surface area contributed by atoms with Crippen molar-refractivity contribution in [3.8, 4) is 33.9 Å². The van der Waals surface area contributed by atoms with Crippen molar-refractivity contribution in [2.45, 2.75) is 0 Å². The number of allylic oxidation sites excluding steroid dienone is 2. The molecule has 6 rings (SSSR count). The monoisotopic (exact) mass is 442 g/mol. The van der Waals surface area contributed by atoms with Gasteiger partial charge in [0.05, 0.1) is 17.2 Å². The molecule has 3 nitrogen and oxygen atoms in total. The van der Waals surface area contributed by atoms with Crippen LogP contribution in [0.2, 0.25) is 5.28 Å². The topological polar surface area (TPSA) is 38.7 Å². The average molecular weight is 443 g/mol. The minimum atomic E-state index is 0.176. The van der Waals surface area contributed by atoms with Gasteiger partial charge in [-0.2, -0.15) is 9.97 Å². The van der Waals surface area contributed by atoms with Crippen LogP contribution in [0.5, 0.6) is 0 Å². The van der Waals surface area contributed by atoms with Gasteiger partial charge in [-0.25, -0.2) is 4.98 Å². The van der Waals surface area contributed by atoms with Crippen LogP contribution in [-0.2, 0) is 0 Å². The molecule has 1 aromatic heterocycles. The van der Waals surface area contributed by atoms with Crippen LogP contribution in [-0.4, -0.2) is 15.0 Å². The molecular formula is C29H17ClN3+. The van der Waals surface area contributed by atoms with E-state index in [1.54, 1.807) is 0 Å². The maximum absolute atomic E-state index is 6.28. The minimum absolute atomic E-state index is 0.176. The number of benzene rings is 4. The van der Waals surface area contributed by atoms with Crippen molar-refractivity contribution < 1.29 is 0 Å². The maximum Gasteiger partial charge on any atom is 0.226 e. The summed E-state index contributed by atoms with van der Waals surface area (Å²) in [7, 11) is 0. The van der Waals surface area contributed by atoms with Gasteiger partial charge in [0.1, 0.15) is 12.2 Å². The smallest absolute Gasteiger partial charge is 0.208 e. The van der Waals surface area contributed by atoms with Crippen molar-refractivity contribution in [2.24, 2.45) is 0 Å². The van der Waals surface area contributed by atoms with Crippen molar-refractivity contribution in [2.75, 3.05) is 0 Å². The lowest BCUT2D eigenvalue weighted by Crippen LogP contribution is -1.98. The second kappa shape index (κ2) is 8.07. The molecule has 0 atom stereocenters. The second-order valence-electron chi connectivity index (χ2n) is 7.88. The molecule has 0 aliphatic heterocycles. The number of nitrogens with zero attached hydrogens (tertiary/aromatic N) is 3. The van der Waals surface area contributed by atoms with Crippen LogP contribution in [0.25, 0.3) is 56.8 Å². The molecule has 0 saturated heterocycles. The number of fused-ring (bicyclic) bond motifs is 2. The summed E-state index contributed by atoms with van der Waals surface area (Å²) in [5.74, 6) is 1.11. The molecule has 0 saturated carbocycles. The molecule has 0 bridgehead atoms. The highest BCUT2D eigenvalue weighted by Gasteiger charge is 2.14. The quantitative estimate of drug-likeness (QED) is 0.271. The Kier molecular flexibility index (Phi) is 4.77. The maximum atomic E-state index is 6.28. The minimum Gasteiger partial charge on any atom is -0.208 e. The van der Waals surface area contributed by atoms with Crippen LogP contribution in [0.4, 0.5) is 0 Å². The molecule has 1 heterocycles. The van der Waals surface area contributed by atoms with Gasteiger partial charge >= 0.3 is 0 Å². The van der Waals surface area contributed by atoms with Crippen LogP contribution in [0.15, 0.2) is 91.0 Å². The number of rotatable bonds is 3. The molecule has 5 aromatic rings. The summed E-state index contributed by atoms with van der Waals surface area (Å²) < 4.78 is 0. The summed E-state index contributed by atoms with van der Waals surface area (Å²) in [6, 6.07) is 29.2. The zero-order valence-corrected chi connectivity index (χ0v) is 18.3. The van der Waals surface area contributed by atoms with Gasteiger partial charge < -0.3 is 0 Å². The lowest BCUT2D eigenvalue weighted by Gasteiger charge is -2.08. The first-order chi connectivity index (χ1) is 16.2. The summed E-state index contributed by atoms with van der Waals surface area (Å²) in [6.07, 6.45) is 8.98. The van der Waals surface area contributed by atoms with Gasteiger partial charge in [0.2, 0.25) is 5.28 Å². The first kappa shape index (κ1) is 19.5. The van der Waals surface area contributed by atoms with E-state index in [1.165, 1.54) is 16.3 Å². The molecule has 0 amide bonds. The fraction of sp³-hybridized carbons (Fsp3) is 0. The SMILES string of the molecule is Clc1nc(-c2ccc(-c3ccc4ccccc4c3)cc2)nc(-c2ccc3c(c2)C=C[C+]=C3)n1. The molecule has 0 radical (unpaired) electrons. The Labute approximate surface area is 196 Å². The highest BCUT2D eigenvalue weighted by Crippen LogP contribution is 2.29. The van der Waals surface area contributed by atoms with E-state index in [1.807, 2.05) is 42.5 Å². The molecule has 0 fully saturated rings. The summed E-state index contributed by atoms with van der Waals surface area (Å²) >= 11 is 6.28. The Balaban J connectivity index is 1.35. The zero-order valence-electron chi connectivity index (χ0n) is 17.5. The van der Waals surface area contributed by atoms with Crippen LogP contribution in [0.3, 0.4) is 0 Å². The van der Waals surface area contributed by atoms with Gasteiger partial charge in [0.15, 0.2) is 11.6 Å². The Hall–Kier alpha value is -4.17. The normalized spacial score (nSPS) is 11.9.